The number of hydrogen-bond donors (Lipinski definition) is 1. The van der Waals surface area contributed by atoms with Gasteiger partial charge in [0, 0.05) is 24.6 Å². The van der Waals surface area contributed by atoms with Crippen LogP contribution in [0.3, 0.4) is 0 Å². The van der Waals surface area contributed by atoms with Crippen molar-refractivity contribution in [2.75, 3.05) is 23.0 Å². The van der Waals surface area contributed by atoms with Crippen LogP contribution in [-0.2, 0) is 20.4 Å². The zero-order valence-corrected chi connectivity index (χ0v) is 16.2. The molecule has 27 heavy (non-hydrogen) atoms. The highest BCUT2D eigenvalue weighted by Gasteiger charge is 2.37. The lowest BCUT2D eigenvalue weighted by Gasteiger charge is -2.28. The Balaban J connectivity index is 2.03. The number of hydrogen-bond acceptors (Lipinski definition) is 5. The van der Waals surface area contributed by atoms with Crippen LogP contribution in [0.25, 0.3) is 0 Å². The summed E-state index contributed by atoms with van der Waals surface area (Å²) in [5.74, 6) is -0.641. The minimum atomic E-state index is -3.21. The van der Waals surface area contributed by atoms with Crippen molar-refractivity contribution < 1.29 is 18.0 Å². The van der Waals surface area contributed by atoms with Crippen LogP contribution in [0.4, 0.5) is 11.4 Å². The summed E-state index contributed by atoms with van der Waals surface area (Å²) >= 11 is 0. The normalized spacial score (nSPS) is 16.3. The van der Waals surface area contributed by atoms with Gasteiger partial charge in [0.1, 0.15) is 0 Å². The van der Waals surface area contributed by atoms with Gasteiger partial charge in [-0.1, -0.05) is 12.1 Å². The molecule has 0 fully saturated rings. The van der Waals surface area contributed by atoms with Gasteiger partial charge in [0.05, 0.1) is 28.7 Å². The van der Waals surface area contributed by atoms with Crippen molar-refractivity contribution in [1.82, 2.24) is 4.98 Å². The molecular formula is C19H21N3O4S. The number of sulfone groups is 1. The van der Waals surface area contributed by atoms with Crippen LogP contribution in [0, 0.1) is 5.41 Å². The Morgan fingerprint density at radius 2 is 2.04 bits per heavy atom. The molecule has 8 heteroatoms. The van der Waals surface area contributed by atoms with Gasteiger partial charge in [-0.3, -0.25) is 14.6 Å². The second kappa shape index (κ2) is 6.77. The van der Waals surface area contributed by atoms with Crippen LogP contribution in [0.5, 0.6) is 0 Å². The number of nitrogens with zero attached hydrogens (tertiary/aromatic N) is 2. The van der Waals surface area contributed by atoms with Gasteiger partial charge in [0.25, 0.3) is 5.91 Å². The van der Waals surface area contributed by atoms with E-state index in [0.29, 0.717) is 22.5 Å². The third kappa shape index (κ3) is 4.16. The van der Waals surface area contributed by atoms with Gasteiger partial charge in [-0.2, -0.15) is 0 Å². The number of amides is 2. The number of pyridine rings is 1. The number of carbonyl (C=O) groups is 2. The van der Waals surface area contributed by atoms with E-state index in [1.807, 2.05) is 0 Å². The number of benzene rings is 1. The number of nitrogens with one attached hydrogen (secondary N) is 1. The van der Waals surface area contributed by atoms with E-state index in [1.165, 1.54) is 11.1 Å². The van der Waals surface area contributed by atoms with E-state index in [4.69, 9.17) is 0 Å². The van der Waals surface area contributed by atoms with Crippen molar-refractivity contribution >= 4 is 33.0 Å². The van der Waals surface area contributed by atoms with Crippen LogP contribution in [0.1, 0.15) is 29.8 Å². The van der Waals surface area contributed by atoms with E-state index in [9.17, 15) is 18.0 Å². The van der Waals surface area contributed by atoms with Crippen molar-refractivity contribution in [1.29, 1.82) is 0 Å². The smallest absolute Gasteiger partial charge is 0.258 e. The van der Waals surface area contributed by atoms with E-state index >= 15 is 0 Å². The summed E-state index contributed by atoms with van der Waals surface area (Å²) in [4.78, 5) is 31.3. The molecule has 0 saturated carbocycles. The molecule has 142 valence electrons. The van der Waals surface area contributed by atoms with Crippen LogP contribution < -0.4 is 10.2 Å². The molecule has 1 aliphatic heterocycles. The molecule has 3 rings (SSSR count). The highest BCUT2D eigenvalue weighted by Crippen LogP contribution is 2.34. The maximum atomic E-state index is 13.2. The summed E-state index contributed by atoms with van der Waals surface area (Å²) in [5.41, 5.74) is 1.12. The number of fused-ring (bicyclic) bond motifs is 1. The van der Waals surface area contributed by atoms with E-state index in [1.54, 1.807) is 50.4 Å². The van der Waals surface area contributed by atoms with Crippen LogP contribution in [-0.4, -0.2) is 38.0 Å². The summed E-state index contributed by atoms with van der Waals surface area (Å²) in [6.07, 6.45) is 4.24. The number of anilines is 2. The molecule has 0 radical (unpaired) electrons. The lowest BCUT2D eigenvalue weighted by atomic mass is 9.91. The van der Waals surface area contributed by atoms with Gasteiger partial charge in [-0.05, 0) is 37.6 Å². The molecule has 2 aromatic rings. The van der Waals surface area contributed by atoms with Gasteiger partial charge in [0.15, 0.2) is 9.84 Å². The van der Waals surface area contributed by atoms with Crippen molar-refractivity contribution in [3.63, 3.8) is 0 Å². The highest BCUT2D eigenvalue weighted by molar-refractivity contribution is 7.89. The molecule has 0 bridgehead atoms. The molecule has 1 N–H and O–H groups in total. The maximum Gasteiger partial charge on any atom is 0.258 e. The van der Waals surface area contributed by atoms with Gasteiger partial charge in [0.2, 0.25) is 5.91 Å². The summed E-state index contributed by atoms with van der Waals surface area (Å²) in [5, 5.41) is 2.84. The number of carbonyl (C=O) groups excluding carboxylic acids is 2. The van der Waals surface area contributed by atoms with Crippen molar-refractivity contribution in [3.05, 3.63) is 53.9 Å². The van der Waals surface area contributed by atoms with E-state index in [2.05, 4.69) is 10.3 Å². The zero-order valence-electron chi connectivity index (χ0n) is 15.4. The second-order valence-corrected chi connectivity index (χ2v) is 9.53. The average Bonchev–Trinajstić information content (AvgIpc) is 2.68. The first-order valence-corrected chi connectivity index (χ1v) is 10.5. The van der Waals surface area contributed by atoms with Crippen LogP contribution in [0.2, 0.25) is 0 Å². The fourth-order valence-electron chi connectivity index (χ4n) is 2.98. The first-order valence-electron chi connectivity index (χ1n) is 8.41. The standard InChI is InChI=1S/C19H21N3O4S/c1-19(2)12-22(16-10-20-8-7-15(16)21-18(19)24)17(23)14-6-4-5-13(9-14)11-27(3,25)26/h4-10H,11-12H2,1-3H3,(H,21,24). The molecule has 2 heterocycles. The lowest BCUT2D eigenvalue weighted by Crippen LogP contribution is -2.42. The molecule has 0 saturated heterocycles. The third-order valence-electron chi connectivity index (χ3n) is 4.36. The molecule has 7 nitrogen and oxygen atoms in total. The minimum Gasteiger partial charge on any atom is -0.324 e. The minimum absolute atomic E-state index is 0.141. The van der Waals surface area contributed by atoms with Gasteiger partial charge in [-0.25, -0.2) is 8.42 Å². The second-order valence-electron chi connectivity index (χ2n) is 7.39. The summed E-state index contributed by atoms with van der Waals surface area (Å²) < 4.78 is 23.1. The molecule has 1 aromatic carbocycles. The third-order valence-corrected chi connectivity index (χ3v) is 5.21. The highest BCUT2D eigenvalue weighted by atomic mass is 32.2. The topological polar surface area (TPSA) is 96.4 Å². The number of rotatable bonds is 3. The molecule has 0 atom stereocenters. The van der Waals surface area contributed by atoms with E-state index in [0.717, 1.165) is 6.26 Å². The van der Waals surface area contributed by atoms with Crippen molar-refractivity contribution in [2.45, 2.75) is 19.6 Å². The molecule has 2 amide bonds. The summed E-state index contributed by atoms with van der Waals surface area (Å²) in [7, 11) is -3.21. The fourth-order valence-corrected chi connectivity index (χ4v) is 3.77. The van der Waals surface area contributed by atoms with Crippen molar-refractivity contribution in [3.8, 4) is 0 Å². The number of aromatic nitrogens is 1. The molecule has 0 spiro atoms. The first-order chi connectivity index (χ1) is 12.6. The lowest BCUT2D eigenvalue weighted by molar-refractivity contribution is -0.123. The Kier molecular flexibility index (Phi) is 4.77. The summed E-state index contributed by atoms with van der Waals surface area (Å²) in [6, 6.07) is 8.19. The van der Waals surface area contributed by atoms with Crippen LogP contribution in [0.15, 0.2) is 42.7 Å². The molecule has 0 aliphatic carbocycles. The van der Waals surface area contributed by atoms with Crippen molar-refractivity contribution in [2.24, 2.45) is 5.41 Å². The Morgan fingerprint density at radius 1 is 1.30 bits per heavy atom. The Labute approximate surface area is 158 Å². The Hall–Kier alpha value is -2.74. The van der Waals surface area contributed by atoms with Gasteiger partial charge >= 0.3 is 0 Å². The average molecular weight is 387 g/mol. The first kappa shape index (κ1) is 19.0. The fraction of sp³-hybridized carbons (Fsp3) is 0.316. The predicted molar refractivity (Wildman–Crippen MR) is 103 cm³/mol. The Bertz CT molecular complexity index is 1020. The zero-order chi connectivity index (χ0) is 19.8. The predicted octanol–water partition coefficient (Wildman–Crippen LogP) is 2.25. The monoisotopic (exact) mass is 387 g/mol. The van der Waals surface area contributed by atoms with E-state index < -0.39 is 15.3 Å². The SMILES string of the molecule is CC1(C)CN(C(=O)c2cccc(CS(C)(=O)=O)c2)c2cnccc2NC1=O. The van der Waals surface area contributed by atoms with Gasteiger partial charge in [-0.15, -0.1) is 0 Å². The molecule has 0 unspecified atom stereocenters. The van der Waals surface area contributed by atoms with E-state index in [-0.39, 0.29) is 24.1 Å². The van der Waals surface area contributed by atoms with Crippen LogP contribution >= 0.6 is 0 Å². The largest absolute Gasteiger partial charge is 0.324 e. The molecular weight excluding hydrogens is 366 g/mol. The summed E-state index contributed by atoms with van der Waals surface area (Å²) in [6.45, 7) is 3.71. The molecule has 1 aromatic heterocycles. The molecule has 1 aliphatic rings. The Morgan fingerprint density at radius 3 is 2.74 bits per heavy atom. The maximum absolute atomic E-state index is 13.2. The van der Waals surface area contributed by atoms with Gasteiger partial charge < -0.3 is 10.2 Å². The quantitative estimate of drug-likeness (QED) is 0.871.